The molecular weight excluding hydrogens is 279 g/mol. The molecule has 0 rings (SSSR count). The third kappa shape index (κ3) is 9.66. The first-order valence-electron chi connectivity index (χ1n) is 4.39. The van der Waals surface area contributed by atoms with Gasteiger partial charge in [0.05, 0.1) is 4.05 Å². The number of carbonyl (C=O) groups is 1. The van der Waals surface area contributed by atoms with Crippen molar-refractivity contribution in [3.8, 4) is 0 Å². The Hall–Kier alpha value is -0.260. The van der Waals surface area contributed by atoms with Crippen molar-refractivity contribution in [2.24, 2.45) is 5.73 Å². The van der Waals surface area contributed by atoms with Gasteiger partial charge in [0.1, 0.15) is 0 Å². The fraction of sp³-hybridized carbons (Fsp3) is 0.667. The third-order valence-corrected chi connectivity index (χ3v) is 1.82. The summed E-state index contributed by atoms with van der Waals surface area (Å²) in [4.78, 5) is 11.1. The highest BCUT2D eigenvalue weighted by atomic mass is 127. The molecule has 13 heavy (non-hydrogen) atoms. The molecule has 0 aromatic carbocycles. The maximum atomic E-state index is 11.1. The Morgan fingerprint density at radius 2 is 2.08 bits per heavy atom. The standard InChI is InChI=1S/C9H17IN2O/c1-7(11)5-3-4-6-9(13)12-8(2)10/h8H,1,3-6,11H2,2H3,(H,12,13). The van der Waals surface area contributed by atoms with E-state index in [0.717, 1.165) is 19.3 Å². The Balaban J connectivity index is 3.32. The van der Waals surface area contributed by atoms with E-state index in [0.29, 0.717) is 12.1 Å². The van der Waals surface area contributed by atoms with Gasteiger partial charge in [0.25, 0.3) is 0 Å². The van der Waals surface area contributed by atoms with Crippen molar-refractivity contribution in [1.29, 1.82) is 0 Å². The maximum Gasteiger partial charge on any atom is 0.220 e. The monoisotopic (exact) mass is 296 g/mol. The number of alkyl halides is 1. The van der Waals surface area contributed by atoms with Crippen LogP contribution in [0.4, 0.5) is 0 Å². The zero-order valence-corrected chi connectivity index (χ0v) is 10.1. The lowest BCUT2D eigenvalue weighted by atomic mass is 10.1. The molecule has 0 aliphatic carbocycles. The van der Waals surface area contributed by atoms with Gasteiger partial charge < -0.3 is 11.1 Å². The number of halogens is 1. The number of unbranched alkanes of at least 4 members (excludes halogenated alkanes) is 1. The van der Waals surface area contributed by atoms with Gasteiger partial charge in [-0.1, -0.05) is 29.2 Å². The van der Waals surface area contributed by atoms with Crippen LogP contribution in [0.2, 0.25) is 0 Å². The summed E-state index contributed by atoms with van der Waals surface area (Å²) >= 11 is 2.16. The Morgan fingerprint density at radius 3 is 2.54 bits per heavy atom. The average molecular weight is 296 g/mol. The van der Waals surface area contributed by atoms with Crippen LogP contribution in [0.25, 0.3) is 0 Å². The Bertz CT molecular complexity index is 180. The zero-order valence-electron chi connectivity index (χ0n) is 7.98. The zero-order chi connectivity index (χ0) is 10.3. The summed E-state index contributed by atoms with van der Waals surface area (Å²) in [6.45, 7) is 5.54. The maximum absolute atomic E-state index is 11.1. The molecule has 0 heterocycles. The molecule has 0 saturated heterocycles. The van der Waals surface area contributed by atoms with Gasteiger partial charge >= 0.3 is 0 Å². The lowest BCUT2D eigenvalue weighted by Crippen LogP contribution is -2.27. The quantitative estimate of drug-likeness (QED) is 0.340. The second kappa shape index (κ2) is 7.17. The second-order valence-electron chi connectivity index (χ2n) is 3.05. The number of nitrogens with two attached hydrogens (primary N) is 1. The van der Waals surface area contributed by atoms with E-state index in [4.69, 9.17) is 5.73 Å². The van der Waals surface area contributed by atoms with Gasteiger partial charge in [-0.15, -0.1) is 0 Å². The van der Waals surface area contributed by atoms with Crippen molar-refractivity contribution in [3.05, 3.63) is 12.3 Å². The van der Waals surface area contributed by atoms with Gasteiger partial charge in [-0.25, -0.2) is 0 Å². The minimum Gasteiger partial charge on any atom is -0.403 e. The van der Waals surface area contributed by atoms with Crippen LogP contribution in [-0.2, 0) is 4.79 Å². The van der Waals surface area contributed by atoms with Crippen LogP contribution < -0.4 is 11.1 Å². The number of hydrogen-bond donors (Lipinski definition) is 2. The van der Waals surface area contributed by atoms with E-state index in [1.54, 1.807) is 0 Å². The minimum absolute atomic E-state index is 0.115. The van der Waals surface area contributed by atoms with E-state index in [2.05, 4.69) is 34.5 Å². The molecule has 0 aromatic rings. The van der Waals surface area contributed by atoms with Gasteiger partial charge in [0.2, 0.25) is 5.91 Å². The Morgan fingerprint density at radius 1 is 1.54 bits per heavy atom. The summed E-state index contributed by atoms with van der Waals surface area (Å²) in [5, 5.41) is 2.82. The Kier molecular flexibility index (Phi) is 7.03. The lowest BCUT2D eigenvalue weighted by molar-refractivity contribution is -0.121. The van der Waals surface area contributed by atoms with Gasteiger partial charge in [-0.2, -0.15) is 0 Å². The van der Waals surface area contributed by atoms with Crippen LogP contribution in [0.15, 0.2) is 12.3 Å². The van der Waals surface area contributed by atoms with Crippen LogP contribution in [0.3, 0.4) is 0 Å². The predicted octanol–water partition coefficient (Wildman–Crippen LogP) is 1.92. The Labute approximate surface area is 93.3 Å². The van der Waals surface area contributed by atoms with E-state index in [1.165, 1.54) is 0 Å². The summed E-state index contributed by atoms with van der Waals surface area (Å²) in [6, 6.07) is 0. The molecule has 0 spiro atoms. The van der Waals surface area contributed by atoms with Crippen molar-refractivity contribution in [3.63, 3.8) is 0 Å². The fourth-order valence-electron chi connectivity index (χ4n) is 0.932. The molecule has 0 aromatic heterocycles. The predicted molar refractivity (Wildman–Crippen MR) is 63.4 cm³/mol. The first kappa shape index (κ1) is 12.7. The number of hydrogen-bond acceptors (Lipinski definition) is 2. The molecule has 1 atom stereocenters. The number of nitrogens with one attached hydrogen (secondary N) is 1. The molecular formula is C9H17IN2O. The highest BCUT2D eigenvalue weighted by Crippen LogP contribution is 2.03. The highest BCUT2D eigenvalue weighted by Gasteiger charge is 2.02. The summed E-state index contributed by atoms with van der Waals surface area (Å²) in [5.74, 6) is 0.115. The van der Waals surface area contributed by atoms with Crippen LogP contribution >= 0.6 is 22.6 Å². The SMILES string of the molecule is C=C(N)CCCCC(=O)NC(C)I. The van der Waals surface area contributed by atoms with Gasteiger partial charge in [-0.05, 0) is 26.2 Å². The smallest absolute Gasteiger partial charge is 0.220 e. The summed E-state index contributed by atoms with van der Waals surface area (Å²) < 4.78 is 0.203. The second-order valence-corrected chi connectivity index (χ2v) is 4.92. The van der Waals surface area contributed by atoms with Crippen LogP contribution in [0, 0.1) is 0 Å². The van der Waals surface area contributed by atoms with Gasteiger partial charge in [-0.3, -0.25) is 4.79 Å². The highest BCUT2D eigenvalue weighted by molar-refractivity contribution is 14.1. The molecule has 1 unspecified atom stereocenters. The summed E-state index contributed by atoms with van der Waals surface area (Å²) in [5.41, 5.74) is 6.09. The van der Waals surface area contributed by atoms with Crippen LogP contribution in [-0.4, -0.2) is 9.96 Å². The number of carbonyl (C=O) groups excluding carboxylic acids is 1. The largest absolute Gasteiger partial charge is 0.403 e. The average Bonchev–Trinajstić information content (AvgIpc) is 1.96. The van der Waals surface area contributed by atoms with Gasteiger partial charge in [0.15, 0.2) is 0 Å². The molecule has 0 fully saturated rings. The van der Waals surface area contributed by atoms with Crippen LogP contribution in [0.1, 0.15) is 32.6 Å². The molecule has 0 aliphatic rings. The molecule has 0 aliphatic heterocycles. The van der Waals surface area contributed by atoms with Crippen molar-refractivity contribution >= 4 is 28.5 Å². The minimum atomic E-state index is 0.115. The van der Waals surface area contributed by atoms with Crippen molar-refractivity contribution in [2.45, 2.75) is 36.7 Å². The molecule has 1 amide bonds. The fourth-order valence-corrected chi connectivity index (χ4v) is 1.28. The van der Waals surface area contributed by atoms with E-state index in [9.17, 15) is 4.79 Å². The van der Waals surface area contributed by atoms with Crippen molar-refractivity contribution in [1.82, 2.24) is 5.32 Å². The molecule has 4 heteroatoms. The lowest BCUT2D eigenvalue weighted by Gasteiger charge is -2.06. The third-order valence-electron chi connectivity index (χ3n) is 1.51. The van der Waals surface area contributed by atoms with Gasteiger partial charge in [0, 0.05) is 12.1 Å². The summed E-state index contributed by atoms with van der Waals surface area (Å²) in [7, 11) is 0. The topological polar surface area (TPSA) is 55.1 Å². The number of allylic oxidation sites excluding steroid dienone is 1. The first-order valence-corrected chi connectivity index (χ1v) is 5.63. The molecule has 0 saturated carbocycles. The van der Waals surface area contributed by atoms with Crippen LogP contribution in [0.5, 0.6) is 0 Å². The van der Waals surface area contributed by atoms with Crippen molar-refractivity contribution < 1.29 is 4.79 Å². The number of rotatable bonds is 6. The number of amides is 1. The van der Waals surface area contributed by atoms with Crippen molar-refractivity contribution in [2.75, 3.05) is 0 Å². The first-order chi connectivity index (χ1) is 6.02. The molecule has 3 nitrogen and oxygen atoms in total. The van der Waals surface area contributed by atoms with E-state index in [1.807, 2.05) is 6.92 Å². The van der Waals surface area contributed by atoms with E-state index < -0.39 is 0 Å². The van der Waals surface area contributed by atoms with E-state index >= 15 is 0 Å². The molecule has 0 bridgehead atoms. The summed E-state index contributed by atoms with van der Waals surface area (Å²) in [6.07, 6.45) is 3.22. The molecule has 76 valence electrons. The molecule has 3 N–H and O–H groups in total. The molecule has 0 radical (unpaired) electrons. The normalized spacial score (nSPS) is 12.2. The van der Waals surface area contributed by atoms with E-state index in [-0.39, 0.29) is 9.96 Å².